The Morgan fingerprint density at radius 3 is 1.12 bits per heavy atom. The Bertz CT molecular complexity index is 3320. The predicted octanol–water partition coefficient (Wildman–Crippen LogP) is 15.9. The van der Waals surface area contributed by atoms with Gasteiger partial charge in [-0.3, -0.25) is 0 Å². The predicted molar refractivity (Wildman–Crippen MR) is 271 cm³/mol. The van der Waals surface area contributed by atoms with Gasteiger partial charge in [0.15, 0.2) is 47.3 Å². The molecule has 30 heteroatoms. The van der Waals surface area contributed by atoms with E-state index in [-0.39, 0.29) is 96.1 Å². The molecular weight excluding hydrogens is 1260 g/mol. The van der Waals surface area contributed by atoms with E-state index in [1.54, 1.807) is 0 Å². The monoisotopic (exact) mass is 1310 g/mol. The topological polar surface area (TPSA) is 84.8 Å². The summed E-state index contributed by atoms with van der Waals surface area (Å²) in [4.78, 5) is 0. The van der Waals surface area contributed by atoms with E-state index < -0.39 is 141 Å². The summed E-state index contributed by atoms with van der Waals surface area (Å²) in [7, 11) is 0. The van der Waals surface area contributed by atoms with Gasteiger partial charge in [0.1, 0.15) is 57.5 Å². The Hall–Kier alpha value is -6.27. The van der Waals surface area contributed by atoms with Crippen molar-refractivity contribution in [3.63, 3.8) is 0 Å². The molecule has 0 amide bonds. The molecule has 474 valence electrons. The Kier molecular flexibility index (Phi) is 25.5. The first-order chi connectivity index (χ1) is 40.7. The number of rotatable bonds is 16. The second-order valence-corrected chi connectivity index (χ2v) is 19.2. The molecule has 0 atom stereocenters. The summed E-state index contributed by atoms with van der Waals surface area (Å²) in [6.07, 6.45) is -17.3. The first-order valence-electron chi connectivity index (χ1n) is 25.4. The van der Waals surface area contributed by atoms with E-state index in [0.717, 1.165) is 43.9 Å². The molecule has 2 saturated heterocycles. The summed E-state index contributed by atoms with van der Waals surface area (Å²) >= 11 is 4.59. The molecule has 6 aromatic carbocycles. The first kappa shape index (κ1) is 72.5. The van der Waals surface area contributed by atoms with Crippen LogP contribution in [0.15, 0.2) is 109 Å². The maximum atomic E-state index is 14.9. The molecule has 0 radical (unpaired) electrons. The number of allylic oxidation sites excluding steroid dienone is 2. The molecule has 2 fully saturated rings. The normalized spacial score (nSPS) is 17.4. The van der Waals surface area contributed by atoms with Gasteiger partial charge in [0.05, 0.1) is 38.8 Å². The van der Waals surface area contributed by atoms with E-state index in [1.807, 2.05) is 13.8 Å². The van der Waals surface area contributed by atoms with Crippen LogP contribution in [0.5, 0.6) is 23.0 Å². The molecule has 0 spiro atoms. The van der Waals surface area contributed by atoms with Crippen LogP contribution in [0.4, 0.5) is 87.8 Å². The number of halogens is 21. The first-order valence-corrected chi connectivity index (χ1v) is 25.8. The van der Waals surface area contributed by atoms with Crippen molar-refractivity contribution >= 4 is 11.6 Å². The fourth-order valence-electron chi connectivity index (χ4n) is 8.42. The summed E-state index contributed by atoms with van der Waals surface area (Å²) in [5.41, 5.74) is -4.19. The van der Waals surface area contributed by atoms with Crippen LogP contribution in [0.2, 0.25) is 0 Å². The van der Waals surface area contributed by atoms with Crippen molar-refractivity contribution in [1.29, 1.82) is 0 Å². The quantitative estimate of drug-likeness (QED) is 0.0583. The van der Waals surface area contributed by atoms with Gasteiger partial charge in [0.2, 0.25) is 0 Å². The molecule has 2 aliphatic heterocycles. The number of ether oxygens (including phenoxy) is 7. The number of aromatic hydroxyl groups is 1. The fraction of sp³-hybridized carbons (Fsp3) is 0.310. The molecule has 0 aliphatic carbocycles. The molecular formula is C58H46ClF20NaO8. The minimum atomic E-state index is -4.87. The van der Waals surface area contributed by atoms with E-state index in [4.69, 9.17) is 24.1 Å². The third kappa shape index (κ3) is 19.6. The van der Waals surface area contributed by atoms with E-state index in [0.29, 0.717) is 67.4 Å². The van der Waals surface area contributed by atoms with Crippen molar-refractivity contribution in [3.05, 3.63) is 189 Å². The Labute approximate surface area is 515 Å². The number of alkyl halides is 10. The smallest absolute Gasteiger partial charge is 1.00 e. The van der Waals surface area contributed by atoms with Crippen LogP contribution in [-0.4, -0.2) is 43.9 Å². The summed E-state index contributed by atoms with van der Waals surface area (Å²) in [6.45, 7) is 5.70. The van der Waals surface area contributed by atoms with Crippen molar-refractivity contribution in [1.82, 2.24) is 0 Å². The number of benzene rings is 6. The molecule has 88 heavy (non-hydrogen) atoms. The van der Waals surface area contributed by atoms with Gasteiger partial charge in [0, 0.05) is 70.0 Å². The van der Waals surface area contributed by atoms with Crippen molar-refractivity contribution in [3.8, 4) is 45.3 Å². The summed E-state index contributed by atoms with van der Waals surface area (Å²) in [5, 5.41) is 9.06. The second kappa shape index (κ2) is 31.0. The standard InChI is InChI=1S/C29H22F10O4.C26H21F7O4.C3H2ClF3.Na.H/c1-2-3-15-13-41-27(42-14-15)16-4-5-19(20(30)8-16)17-9-21(31)25(22(32)10-17)29(38,39)43-18-11-23(33)26(24(34)12-18)40-7-6-28(35,36)37;1-2-3-13-11-35-25(36-12-13)14-4-5-17(18(27)6-14)15-7-19(28)23(20(29)8-15)26(32,33)37-16-9-21(30)24(34)22(31)10-16;4-2-1-3(5,6)7;;/h4-12,15,27H,2-3,13-14H2,1H3;4-10,13,25,34H,2-3,11-12H2,1H3;1-2H;;/q;;;+1;-1/b7-6-;;2-1-;;. The van der Waals surface area contributed by atoms with Crippen LogP contribution in [0.3, 0.4) is 0 Å². The number of phenolic OH excluding ortho intramolecular Hbond substituents is 1. The zero-order valence-corrected chi connectivity index (χ0v) is 48.4. The number of hydrogen-bond donors (Lipinski definition) is 1. The summed E-state index contributed by atoms with van der Waals surface area (Å²) in [5.74, 6) is -20.7. The van der Waals surface area contributed by atoms with Gasteiger partial charge in [0.25, 0.3) is 0 Å². The summed E-state index contributed by atoms with van der Waals surface area (Å²) < 4.78 is 307. The molecule has 0 bridgehead atoms. The van der Waals surface area contributed by atoms with Crippen molar-refractivity contribution < 1.29 is 157 Å². The number of hydrogen-bond acceptors (Lipinski definition) is 8. The molecule has 2 heterocycles. The SMILES string of the molecule is CCCC1COC(c2ccc(-c3cc(F)c(C(F)(F)Oc4cc(F)c(O)c(F)c4)c(F)c3)c(F)c2)OC1.CCCC1COC(c2ccc(-c3cc(F)c(C(F)(F)Oc4cc(F)c(O/C=C\C(F)(F)F)c(F)c4)c(F)c3)c(F)c2)OC1.FC(F)(F)/C=C\Cl.[H-].[Na+]. The molecule has 0 saturated carbocycles. The van der Waals surface area contributed by atoms with E-state index in [2.05, 4.69) is 25.8 Å². The van der Waals surface area contributed by atoms with Crippen LogP contribution in [0.1, 0.15) is 75.8 Å². The van der Waals surface area contributed by atoms with E-state index in [9.17, 15) is 87.8 Å². The summed E-state index contributed by atoms with van der Waals surface area (Å²) in [6, 6.07) is 9.74. The van der Waals surface area contributed by atoms with Gasteiger partial charge in [-0.05, 0) is 60.4 Å². The van der Waals surface area contributed by atoms with Gasteiger partial charge >= 0.3 is 54.1 Å². The van der Waals surface area contributed by atoms with Crippen molar-refractivity contribution in [2.45, 2.75) is 76.7 Å². The van der Waals surface area contributed by atoms with Crippen molar-refractivity contribution in [2.24, 2.45) is 11.8 Å². The van der Waals surface area contributed by atoms with Gasteiger partial charge < -0.3 is 39.7 Å². The molecule has 6 aromatic rings. The van der Waals surface area contributed by atoms with Gasteiger partial charge in [-0.25, -0.2) is 43.9 Å². The Morgan fingerprint density at radius 1 is 0.489 bits per heavy atom. The Balaban J connectivity index is 0.000000339. The molecule has 0 unspecified atom stereocenters. The molecule has 8 nitrogen and oxygen atoms in total. The van der Waals surface area contributed by atoms with E-state index in [1.165, 1.54) is 18.2 Å². The molecule has 1 N–H and O–H groups in total. The zero-order valence-electron chi connectivity index (χ0n) is 46.6. The van der Waals surface area contributed by atoms with E-state index >= 15 is 0 Å². The minimum absolute atomic E-state index is 0. The van der Waals surface area contributed by atoms with Gasteiger partial charge in [-0.15, -0.1) is 0 Å². The zero-order chi connectivity index (χ0) is 64.3. The van der Waals surface area contributed by atoms with Gasteiger partial charge in [-0.2, -0.15) is 43.9 Å². The van der Waals surface area contributed by atoms with Crippen molar-refractivity contribution in [2.75, 3.05) is 26.4 Å². The largest absolute Gasteiger partial charge is 1.00 e. The second-order valence-electron chi connectivity index (χ2n) is 18.9. The molecule has 8 rings (SSSR count). The fourth-order valence-corrected chi connectivity index (χ4v) is 8.56. The maximum Gasteiger partial charge on any atom is 1.00 e. The van der Waals surface area contributed by atoms with Crippen LogP contribution in [-0.2, 0) is 31.2 Å². The average Bonchev–Trinajstić information content (AvgIpc) is 3.20. The number of phenols is 1. The van der Waals surface area contributed by atoms with Crippen LogP contribution in [0, 0.1) is 70.0 Å². The van der Waals surface area contributed by atoms with Crippen LogP contribution < -0.4 is 43.8 Å². The molecule has 2 aliphatic rings. The average molecular weight is 1310 g/mol. The maximum absolute atomic E-state index is 14.9. The minimum Gasteiger partial charge on any atom is -1.00 e. The Morgan fingerprint density at radius 2 is 0.830 bits per heavy atom. The van der Waals surface area contributed by atoms with Crippen LogP contribution >= 0.6 is 11.6 Å². The van der Waals surface area contributed by atoms with Gasteiger partial charge in [-0.1, -0.05) is 62.6 Å². The molecule has 0 aromatic heterocycles. The van der Waals surface area contributed by atoms with Crippen LogP contribution in [0.25, 0.3) is 22.3 Å². The third-order valence-electron chi connectivity index (χ3n) is 12.3. The third-order valence-corrected chi connectivity index (χ3v) is 12.4.